The first-order valence-electron chi connectivity index (χ1n) is 20.5. The molecule has 1 aromatic heterocycles. The molecule has 0 radical (unpaired) electrons. The van der Waals surface area contributed by atoms with Gasteiger partial charge in [-0.2, -0.15) is 0 Å². The fourth-order valence-electron chi connectivity index (χ4n) is 7.48. The number of aliphatic hydroxyl groups is 1. The number of nitrogen functional groups attached to an aromatic ring is 1. The highest BCUT2D eigenvalue weighted by molar-refractivity contribution is 6.12. The van der Waals surface area contributed by atoms with Gasteiger partial charge in [0.1, 0.15) is 17.7 Å². The number of nitrogens with one attached hydrogen (secondary N) is 3. The number of aromatic nitrogens is 2. The van der Waals surface area contributed by atoms with Crippen LogP contribution >= 0.6 is 0 Å². The summed E-state index contributed by atoms with van der Waals surface area (Å²) in [5, 5.41) is 19.8. The Balaban J connectivity index is 1.49. The summed E-state index contributed by atoms with van der Waals surface area (Å²) in [5.74, 6) is -2.31. The van der Waals surface area contributed by atoms with E-state index < -0.39 is 60.7 Å². The lowest BCUT2D eigenvalue weighted by Crippen LogP contribution is -2.56. The molecule has 5 atom stereocenters. The van der Waals surface area contributed by atoms with Crippen molar-refractivity contribution in [2.45, 2.75) is 135 Å². The molecule has 1 saturated heterocycles. The Labute approximate surface area is 336 Å². The lowest BCUT2D eigenvalue weighted by atomic mass is 9.83. The van der Waals surface area contributed by atoms with Gasteiger partial charge < -0.3 is 43.2 Å². The highest BCUT2D eigenvalue weighted by Crippen LogP contribution is 2.28. The minimum Gasteiger partial charge on any atom is -0.391 e. The normalized spacial score (nSPS) is 17.8. The van der Waals surface area contributed by atoms with Crippen molar-refractivity contribution in [2.24, 2.45) is 23.3 Å². The van der Waals surface area contributed by atoms with Crippen LogP contribution in [0, 0.1) is 18.8 Å². The fraction of sp³-hybridized carbons (Fsp3) is 0.634. The van der Waals surface area contributed by atoms with Gasteiger partial charge in [0.25, 0.3) is 5.91 Å². The Kier molecular flexibility index (Phi) is 17.8. The van der Waals surface area contributed by atoms with Gasteiger partial charge in [-0.25, -0.2) is 19.7 Å². The minimum absolute atomic E-state index is 0.0210. The monoisotopic (exact) mass is 793 g/mol. The molecule has 1 aliphatic heterocycles. The maximum Gasteiger partial charge on any atom is 0.318 e. The number of nitrogens with zero attached hydrogens (tertiary/aromatic N) is 4. The van der Waals surface area contributed by atoms with E-state index in [4.69, 9.17) is 17.2 Å². The molecule has 314 valence electrons. The van der Waals surface area contributed by atoms with E-state index in [-0.39, 0.29) is 43.3 Å². The summed E-state index contributed by atoms with van der Waals surface area (Å²) in [7, 11) is 0. The number of carbonyl (C=O) groups excluding carboxylic acids is 5. The second-order valence-electron chi connectivity index (χ2n) is 15.8. The van der Waals surface area contributed by atoms with Gasteiger partial charge in [0, 0.05) is 62.9 Å². The van der Waals surface area contributed by atoms with Gasteiger partial charge in [0.2, 0.25) is 17.7 Å². The first-order chi connectivity index (χ1) is 27.3. The van der Waals surface area contributed by atoms with Crippen molar-refractivity contribution >= 4 is 35.5 Å². The van der Waals surface area contributed by atoms with Gasteiger partial charge in [-0.15, -0.1) is 0 Å². The zero-order valence-corrected chi connectivity index (χ0v) is 33.8. The number of anilines is 1. The maximum absolute atomic E-state index is 14.4. The number of carbonyl (C=O) groups is 5. The zero-order valence-electron chi connectivity index (χ0n) is 33.8. The van der Waals surface area contributed by atoms with E-state index in [9.17, 15) is 29.1 Å². The summed E-state index contributed by atoms with van der Waals surface area (Å²) in [5.41, 5.74) is 19.9. The van der Waals surface area contributed by atoms with Gasteiger partial charge in [0.15, 0.2) is 0 Å². The van der Waals surface area contributed by atoms with Crippen molar-refractivity contribution in [1.82, 2.24) is 35.7 Å². The van der Waals surface area contributed by atoms with Gasteiger partial charge in [-0.05, 0) is 43.6 Å². The van der Waals surface area contributed by atoms with Crippen LogP contribution in [0.3, 0.4) is 0 Å². The van der Waals surface area contributed by atoms with E-state index in [0.717, 1.165) is 37.7 Å². The predicted octanol–water partition coefficient (Wildman–Crippen LogP) is 2.05. The third-order valence-corrected chi connectivity index (χ3v) is 11.3. The number of nitrogens with two attached hydrogens (primary N) is 3. The zero-order chi connectivity index (χ0) is 41.5. The number of imide groups is 3. The van der Waals surface area contributed by atoms with Gasteiger partial charge >= 0.3 is 6.03 Å². The van der Waals surface area contributed by atoms with Crippen molar-refractivity contribution in [3.63, 3.8) is 0 Å². The van der Waals surface area contributed by atoms with Gasteiger partial charge in [0.05, 0.1) is 18.6 Å². The molecule has 16 heteroatoms. The Hall–Kier alpha value is -4.51. The largest absolute Gasteiger partial charge is 0.391 e. The Bertz CT molecular complexity index is 1630. The van der Waals surface area contributed by atoms with E-state index in [1.54, 1.807) is 18.0 Å². The van der Waals surface area contributed by atoms with Crippen LogP contribution in [0.1, 0.15) is 101 Å². The fourth-order valence-corrected chi connectivity index (χ4v) is 7.48. The molecule has 16 nitrogen and oxygen atoms in total. The number of likely N-dealkylation sites (tertiary alicyclic amines) is 1. The molecule has 2 aromatic rings. The van der Waals surface area contributed by atoms with Crippen LogP contribution < -0.4 is 33.2 Å². The number of piperidine rings is 1. The number of aryl methyl sites for hydroxylation is 1. The van der Waals surface area contributed by atoms with E-state index in [1.807, 2.05) is 44.2 Å². The molecule has 0 bridgehead atoms. The van der Waals surface area contributed by atoms with Crippen molar-refractivity contribution in [1.29, 1.82) is 0 Å². The number of hydrogen-bond acceptors (Lipinski definition) is 12. The lowest BCUT2D eigenvalue weighted by molar-refractivity contribution is -0.156. The standard InChI is InChI=1S/C41H64N10O6/c1-4-26(2)37(47-25-30-24-46-27(3)48-38(30)44)40(56)51(36(54)23-34(52)32(43)21-28-11-7-5-8-12-28)35(53)15-18-45-39(55)33(22-29-13-9-6-10-14-29)49-41(57)50-19-16-31(42)17-20-50/h6,9-10,13-14,24,26,28,31-34,37,47,52H,4-5,7-8,11-12,15-23,25,42-43H2,1-3H3,(H,45,55)(H,49,57)(H2,44,46,48)/t26-,32-,33-,34?,37-/m0/s1. The van der Waals surface area contributed by atoms with Crippen LogP contribution in [-0.2, 0) is 32.1 Å². The predicted molar refractivity (Wildman–Crippen MR) is 217 cm³/mol. The topological polar surface area (TPSA) is 252 Å². The second kappa shape index (κ2) is 22.4. The van der Waals surface area contributed by atoms with Crippen molar-refractivity contribution < 1.29 is 29.1 Å². The molecule has 0 spiro atoms. The number of benzene rings is 1. The molecule has 10 N–H and O–H groups in total. The SMILES string of the molecule is CC[C@H](C)[C@H](NCc1cnc(C)nc1N)C(=O)N(C(=O)CCNC(=O)[C@H](Cc1ccccc1)NC(=O)N1CCC(N)CC1)C(=O)CC(O)[C@@H](N)CC1CCCCC1. The maximum atomic E-state index is 14.4. The Morgan fingerprint density at radius 1 is 1.02 bits per heavy atom. The number of amides is 6. The Morgan fingerprint density at radius 3 is 2.35 bits per heavy atom. The van der Waals surface area contributed by atoms with E-state index in [2.05, 4.69) is 25.9 Å². The highest BCUT2D eigenvalue weighted by atomic mass is 16.3. The molecule has 2 aliphatic rings. The average molecular weight is 793 g/mol. The summed E-state index contributed by atoms with van der Waals surface area (Å²) in [4.78, 5) is 79.8. The molecular formula is C41H64N10O6. The van der Waals surface area contributed by atoms with Gasteiger partial charge in [-0.1, -0.05) is 82.7 Å². The minimum atomic E-state index is -1.28. The summed E-state index contributed by atoms with van der Waals surface area (Å²) in [6.07, 6.45) is 7.27. The van der Waals surface area contributed by atoms with E-state index in [0.29, 0.717) is 61.0 Å². The van der Waals surface area contributed by atoms with Gasteiger partial charge in [-0.3, -0.25) is 19.2 Å². The van der Waals surface area contributed by atoms with Crippen molar-refractivity contribution in [3.05, 3.63) is 53.5 Å². The number of urea groups is 1. The summed E-state index contributed by atoms with van der Waals surface area (Å²) in [6, 6.07) is 6.18. The molecule has 1 saturated carbocycles. The highest BCUT2D eigenvalue weighted by Gasteiger charge is 2.37. The molecule has 2 fully saturated rings. The quantitative estimate of drug-likeness (QED) is 0.115. The number of hydrogen-bond donors (Lipinski definition) is 7. The van der Waals surface area contributed by atoms with Crippen LogP contribution in [0.15, 0.2) is 36.5 Å². The summed E-state index contributed by atoms with van der Waals surface area (Å²) >= 11 is 0. The first kappa shape index (κ1) is 45.2. The summed E-state index contributed by atoms with van der Waals surface area (Å²) in [6.45, 7) is 6.22. The molecule has 6 amide bonds. The Morgan fingerprint density at radius 2 is 1.70 bits per heavy atom. The smallest absolute Gasteiger partial charge is 0.318 e. The van der Waals surface area contributed by atoms with Crippen molar-refractivity contribution in [3.8, 4) is 0 Å². The lowest BCUT2D eigenvalue weighted by Gasteiger charge is -2.31. The van der Waals surface area contributed by atoms with Crippen LogP contribution in [0.25, 0.3) is 0 Å². The third-order valence-electron chi connectivity index (χ3n) is 11.3. The van der Waals surface area contributed by atoms with E-state index >= 15 is 0 Å². The molecule has 1 aromatic carbocycles. The first-order valence-corrected chi connectivity index (χ1v) is 20.5. The van der Waals surface area contributed by atoms with Crippen LogP contribution in [0.4, 0.5) is 10.6 Å². The number of rotatable bonds is 18. The third kappa shape index (κ3) is 13.8. The molecule has 1 unspecified atom stereocenters. The second-order valence-corrected chi connectivity index (χ2v) is 15.8. The van der Waals surface area contributed by atoms with Crippen LogP contribution in [0.2, 0.25) is 0 Å². The molecule has 1 aliphatic carbocycles. The molecule has 57 heavy (non-hydrogen) atoms. The molecule has 4 rings (SSSR count). The molecular weight excluding hydrogens is 729 g/mol. The molecule has 2 heterocycles. The summed E-state index contributed by atoms with van der Waals surface area (Å²) < 4.78 is 0. The van der Waals surface area contributed by atoms with Crippen LogP contribution in [-0.4, -0.2) is 104 Å². The van der Waals surface area contributed by atoms with E-state index in [1.165, 1.54) is 0 Å². The van der Waals surface area contributed by atoms with Crippen molar-refractivity contribution in [2.75, 3.05) is 25.4 Å². The van der Waals surface area contributed by atoms with Crippen LogP contribution in [0.5, 0.6) is 0 Å². The average Bonchev–Trinajstić information content (AvgIpc) is 3.19. The number of aliphatic hydroxyl groups excluding tert-OH is 1.